The summed E-state index contributed by atoms with van der Waals surface area (Å²) in [6.45, 7) is 2.08. The molecule has 0 amide bonds. The van der Waals surface area contributed by atoms with Crippen LogP contribution in [0.5, 0.6) is 0 Å². The summed E-state index contributed by atoms with van der Waals surface area (Å²) in [4.78, 5) is 4.37. The minimum Gasteiger partial charge on any atom is -0.229 e. The molecule has 2 rings (SSSR count). The second-order valence-electron chi connectivity index (χ2n) is 2.95. The third kappa shape index (κ3) is 2.07. The van der Waals surface area contributed by atoms with Gasteiger partial charge in [0.1, 0.15) is 0 Å². The highest BCUT2D eigenvalue weighted by atomic mass is 79.9. The molecule has 0 aliphatic carbocycles. The highest BCUT2D eigenvalue weighted by molar-refractivity contribution is 9.11. The highest BCUT2D eigenvalue weighted by Crippen LogP contribution is 2.27. The molecular weight excluding hydrogens is 326 g/mol. The van der Waals surface area contributed by atoms with Crippen LogP contribution in [-0.4, -0.2) is 4.98 Å². The molecular formula is C10H7Br2NS. The number of benzene rings is 1. The lowest BCUT2D eigenvalue weighted by Crippen LogP contribution is -1.80. The second-order valence-corrected chi connectivity index (χ2v) is 5.94. The first-order valence-corrected chi connectivity index (χ1v) is 6.51. The van der Waals surface area contributed by atoms with Gasteiger partial charge < -0.3 is 0 Å². The van der Waals surface area contributed by atoms with Crippen molar-refractivity contribution in [2.75, 3.05) is 0 Å². The van der Waals surface area contributed by atoms with E-state index in [1.807, 2.05) is 5.38 Å². The first kappa shape index (κ1) is 10.3. The minimum absolute atomic E-state index is 0.924. The van der Waals surface area contributed by atoms with Crippen molar-refractivity contribution in [1.82, 2.24) is 4.98 Å². The molecule has 0 fully saturated rings. The normalized spacial score (nSPS) is 10.5. The van der Waals surface area contributed by atoms with E-state index in [1.165, 1.54) is 5.56 Å². The van der Waals surface area contributed by atoms with Crippen molar-refractivity contribution in [3.05, 3.63) is 37.5 Å². The van der Waals surface area contributed by atoms with Gasteiger partial charge in [-0.3, -0.25) is 0 Å². The maximum atomic E-state index is 4.37. The molecule has 0 spiro atoms. The van der Waals surface area contributed by atoms with Crippen LogP contribution < -0.4 is 0 Å². The Morgan fingerprint density at radius 1 is 1.29 bits per heavy atom. The van der Waals surface area contributed by atoms with E-state index < -0.39 is 0 Å². The molecule has 1 heterocycles. The number of aromatic nitrogens is 1. The predicted molar refractivity (Wildman–Crippen MR) is 67.7 cm³/mol. The second kappa shape index (κ2) is 4.13. The average Bonchev–Trinajstić information content (AvgIpc) is 2.57. The summed E-state index contributed by atoms with van der Waals surface area (Å²) in [7, 11) is 0. The van der Waals surface area contributed by atoms with Crippen LogP contribution in [0.1, 0.15) is 5.56 Å². The van der Waals surface area contributed by atoms with Crippen molar-refractivity contribution in [2.24, 2.45) is 0 Å². The number of rotatable bonds is 1. The Balaban J connectivity index is 2.47. The van der Waals surface area contributed by atoms with E-state index in [4.69, 9.17) is 0 Å². The van der Waals surface area contributed by atoms with E-state index in [0.29, 0.717) is 0 Å². The maximum absolute atomic E-state index is 4.37. The summed E-state index contributed by atoms with van der Waals surface area (Å²) in [5.74, 6) is 0. The highest BCUT2D eigenvalue weighted by Gasteiger charge is 2.03. The fourth-order valence-corrected chi connectivity index (χ4v) is 2.46. The number of thiazole rings is 1. The van der Waals surface area contributed by atoms with Gasteiger partial charge in [-0.1, -0.05) is 22.0 Å². The molecule has 4 heteroatoms. The molecule has 0 bridgehead atoms. The van der Waals surface area contributed by atoms with E-state index >= 15 is 0 Å². The molecule has 1 aromatic heterocycles. The number of hydrogen-bond acceptors (Lipinski definition) is 2. The predicted octanol–water partition coefficient (Wildman–Crippen LogP) is 4.64. The van der Waals surface area contributed by atoms with E-state index in [2.05, 4.69) is 62.0 Å². The van der Waals surface area contributed by atoms with Gasteiger partial charge in [-0.25, -0.2) is 4.98 Å². The van der Waals surface area contributed by atoms with Crippen LogP contribution in [0.3, 0.4) is 0 Å². The van der Waals surface area contributed by atoms with Gasteiger partial charge in [-0.2, -0.15) is 0 Å². The Bertz CT molecular complexity index is 465. The Morgan fingerprint density at radius 3 is 2.64 bits per heavy atom. The Kier molecular flexibility index (Phi) is 3.04. The number of aryl methyl sites for hydroxylation is 1. The molecule has 0 atom stereocenters. The van der Waals surface area contributed by atoms with Crippen LogP contribution in [0.15, 0.2) is 32.0 Å². The monoisotopic (exact) mass is 331 g/mol. The minimum atomic E-state index is 0.924. The maximum Gasteiger partial charge on any atom is 0.159 e. The van der Waals surface area contributed by atoms with E-state index in [9.17, 15) is 0 Å². The van der Waals surface area contributed by atoms with Gasteiger partial charge in [-0.05, 0) is 40.5 Å². The van der Waals surface area contributed by atoms with Gasteiger partial charge in [0.05, 0.1) is 5.69 Å². The largest absolute Gasteiger partial charge is 0.229 e. The van der Waals surface area contributed by atoms with Crippen molar-refractivity contribution < 1.29 is 0 Å². The first-order chi connectivity index (χ1) is 6.66. The quantitative estimate of drug-likeness (QED) is 0.741. The molecule has 0 radical (unpaired) electrons. The molecule has 1 aromatic carbocycles. The summed E-state index contributed by atoms with van der Waals surface area (Å²) in [5.41, 5.74) is 3.41. The molecule has 0 unspecified atom stereocenters. The Morgan fingerprint density at radius 2 is 2.07 bits per heavy atom. The summed E-state index contributed by atoms with van der Waals surface area (Å²) < 4.78 is 2.06. The van der Waals surface area contributed by atoms with Crippen molar-refractivity contribution in [1.29, 1.82) is 0 Å². The lowest BCUT2D eigenvalue weighted by Gasteiger charge is -2.00. The molecule has 2 aromatic rings. The van der Waals surface area contributed by atoms with Crippen molar-refractivity contribution in [2.45, 2.75) is 6.92 Å². The van der Waals surface area contributed by atoms with Gasteiger partial charge >= 0.3 is 0 Å². The van der Waals surface area contributed by atoms with Gasteiger partial charge in [0, 0.05) is 15.4 Å². The van der Waals surface area contributed by atoms with Crippen LogP contribution >= 0.6 is 43.2 Å². The van der Waals surface area contributed by atoms with E-state index in [-0.39, 0.29) is 0 Å². The number of nitrogens with zero attached hydrogens (tertiary/aromatic N) is 1. The van der Waals surface area contributed by atoms with Crippen molar-refractivity contribution >= 4 is 43.2 Å². The van der Waals surface area contributed by atoms with Crippen LogP contribution in [0, 0.1) is 6.92 Å². The number of hydrogen-bond donors (Lipinski definition) is 0. The zero-order chi connectivity index (χ0) is 10.1. The van der Waals surface area contributed by atoms with Gasteiger partial charge in [-0.15, -0.1) is 11.3 Å². The molecule has 14 heavy (non-hydrogen) atoms. The van der Waals surface area contributed by atoms with Crippen molar-refractivity contribution in [3.63, 3.8) is 0 Å². The standard InChI is InChI=1S/C10H7Br2NS/c1-6-4-7(2-3-8(6)11)9-5-14-10(12)13-9/h2-5H,1H3. The van der Waals surface area contributed by atoms with Crippen LogP contribution in [0.25, 0.3) is 11.3 Å². The summed E-state index contributed by atoms with van der Waals surface area (Å²) in [6.07, 6.45) is 0. The average molecular weight is 333 g/mol. The molecule has 0 aliphatic heterocycles. The van der Waals surface area contributed by atoms with Crippen LogP contribution in [0.2, 0.25) is 0 Å². The SMILES string of the molecule is Cc1cc(-c2csc(Br)n2)ccc1Br. The summed E-state index contributed by atoms with van der Waals surface area (Å²) in [6, 6.07) is 6.25. The molecule has 0 aliphatic rings. The zero-order valence-electron chi connectivity index (χ0n) is 7.42. The lowest BCUT2D eigenvalue weighted by atomic mass is 10.1. The summed E-state index contributed by atoms with van der Waals surface area (Å²) >= 11 is 8.44. The molecule has 0 saturated heterocycles. The fourth-order valence-electron chi connectivity index (χ4n) is 1.19. The van der Waals surface area contributed by atoms with Crippen LogP contribution in [0.4, 0.5) is 0 Å². The lowest BCUT2D eigenvalue weighted by molar-refractivity contribution is 1.35. The number of halogens is 2. The van der Waals surface area contributed by atoms with Gasteiger partial charge in [0.2, 0.25) is 0 Å². The van der Waals surface area contributed by atoms with E-state index in [0.717, 1.165) is 19.6 Å². The zero-order valence-corrected chi connectivity index (χ0v) is 11.4. The first-order valence-electron chi connectivity index (χ1n) is 4.04. The molecule has 0 N–H and O–H groups in total. The van der Waals surface area contributed by atoms with E-state index in [1.54, 1.807) is 11.3 Å². The third-order valence-electron chi connectivity index (χ3n) is 1.93. The third-order valence-corrected chi connectivity index (χ3v) is 4.18. The molecule has 1 nitrogen and oxygen atoms in total. The Hall–Kier alpha value is -0.190. The summed E-state index contributed by atoms with van der Waals surface area (Å²) in [5, 5.41) is 2.05. The topological polar surface area (TPSA) is 12.9 Å². The fraction of sp³-hybridized carbons (Fsp3) is 0.100. The van der Waals surface area contributed by atoms with Gasteiger partial charge in [0.25, 0.3) is 0 Å². The Labute approximate surface area is 103 Å². The van der Waals surface area contributed by atoms with Crippen LogP contribution in [-0.2, 0) is 0 Å². The molecule has 72 valence electrons. The molecule has 0 saturated carbocycles. The smallest absolute Gasteiger partial charge is 0.159 e. The van der Waals surface area contributed by atoms with Crippen molar-refractivity contribution in [3.8, 4) is 11.3 Å². The van der Waals surface area contributed by atoms with Gasteiger partial charge in [0.15, 0.2) is 3.92 Å².